The van der Waals surface area contributed by atoms with Crippen molar-refractivity contribution in [2.75, 3.05) is 13.2 Å². The Morgan fingerprint density at radius 1 is 1.10 bits per heavy atom. The lowest BCUT2D eigenvalue weighted by atomic mass is 9.68. The highest BCUT2D eigenvalue weighted by atomic mass is 127. The molecule has 30 heavy (non-hydrogen) atoms. The summed E-state index contributed by atoms with van der Waals surface area (Å²) in [6.07, 6.45) is 15.9. The van der Waals surface area contributed by atoms with Crippen molar-refractivity contribution in [3.63, 3.8) is 0 Å². The number of alkyl halides is 2. The Labute approximate surface area is 198 Å². The molecule has 2 saturated carbocycles. The van der Waals surface area contributed by atoms with Gasteiger partial charge in [-0.25, -0.2) is 0 Å². The third-order valence-corrected chi connectivity index (χ3v) is 9.98. The maximum Gasteiger partial charge on any atom is 0.104 e. The molecule has 0 aromatic carbocycles. The number of halogens is 2. The second kappa shape index (κ2) is 11.8. The van der Waals surface area contributed by atoms with Crippen molar-refractivity contribution in [2.45, 2.75) is 82.6 Å². The van der Waals surface area contributed by atoms with E-state index < -0.39 is 0 Å². The predicted molar refractivity (Wildman–Crippen MR) is 136 cm³/mol. The molecule has 0 aliphatic heterocycles. The third-order valence-electron chi connectivity index (χ3n) is 8.65. The molecule has 3 aliphatic rings. The van der Waals surface area contributed by atoms with Crippen molar-refractivity contribution in [2.24, 2.45) is 58.1 Å². The lowest BCUT2D eigenvalue weighted by molar-refractivity contribution is 0.168. The molecule has 0 saturated heterocycles. The maximum atomic E-state index is 13.2. The number of allylic oxidation sites excluding steroid dienone is 2. The molecule has 0 aromatic rings. The van der Waals surface area contributed by atoms with Crippen molar-refractivity contribution in [3.8, 4) is 0 Å². The fraction of sp³-hybridized carbons (Fsp3) is 0.885. The molecule has 0 heterocycles. The first kappa shape index (κ1) is 24.7. The summed E-state index contributed by atoms with van der Waals surface area (Å²) in [7, 11) is 0. The highest BCUT2D eigenvalue weighted by Crippen LogP contribution is 2.44. The van der Waals surface area contributed by atoms with Crippen molar-refractivity contribution >= 4 is 28.8 Å². The summed E-state index contributed by atoms with van der Waals surface area (Å²) in [6, 6.07) is 0. The smallest absolute Gasteiger partial charge is 0.104 e. The summed E-state index contributed by atoms with van der Waals surface area (Å²) in [4.78, 5) is 5.03. The van der Waals surface area contributed by atoms with Crippen LogP contribution >= 0.6 is 22.6 Å². The van der Waals surface area contributed by atoms with Gasteiger partial charge in [-0.05, 0) is 86.4 Å². The van der Waals surface area contributed by atoms with Gasteiger partial charge in [-0.15, -0.1) is 0 Å². The van der Waals surface area contributed by atoms with E-state index in [1.165, 1.54) is 44.9 Å². The SMILES string of the molecule is CC1CCC(C(C=NC(I)C2CC=C(C3CCC(CF)C(C)C3)C(C)C2)CN)CC1. The van der Waals surface area contributed by atoms with Gasteiger partial charge < -0.3 is 5.73 Å². The van der Waals surface area contributed by atoms with E-state index >= 15 is 0 Å². The van der Waals surface area contributed by atoms with E-state index in [2.05, 4.69) is 55.7 Å². The van der Waals surface area contributed by atoms with Gasteiger partial charge in [-0.1, -0.05) is 67.9 Å². The van der Waals surface area contributed by atoms with E-state index in [1.54, 1.807) is 5.57 Å². The van der Waals surface area contributed by atoms with Crippen LogP contribution in [0.3, 0.4) is 0 Å². The molecule has 3 aliphatic carbocycles. The van der Waals surface area contributed by atoms with Gasteiger partial charge in [0.15, 0.2) is 0 Å². The number of hydrogen-bond donors (Lipinski definition) is 1. The van der Waals surface area contributed by atoms with E-state index in [4.69, 9.17) is 10.7 Å². The largest absolute Gasteiger partial charge is 0.330 e. The minimum Gasteiger partial charge on any atom is -0.330 e. The van der Waals surface area contributed by atoms with Gasteiger partial charge >= 0.3 is 0 Å². The first-order valence-electron chi connectivity index (χ1n) is 12.6. The van der Waals surface area contributed by atoms with Crippen LogP contribution < -0.4 is 5.73 Å². The summed E-state index contributed by atoms with van der Waals surface area (Å²) in [5, 5.41) is 0. The van der Waals surface area contributed by atoms with E-state index in [-0.39, 0.29) is 6.67 Å². The molecule has 7 unspecified atom stereocenters. The average Bonchev–Trinajstić information content (AvgIpc) is 2.75. The van der Waals surface area contributed by atoms with Crippen molar-refractivity contribution < 1.29 is 4.39 Å². The lowest BCUT2D eigenvalue weighted by Gasteiger charge is -2.39. The Kier molecular flexibility index (Phi) is 9.67. The number of rotatable bonds is 7. The number of nitrogens with two attached hydrogens (primary N) is 1. The van der Waals surface area contributed by atoms with E-state index in [1.807, 2.05) is 0 Å². The van der Waals surface area contributed by atoms with Crippen LogP contribution in [0.2, 0.25) is 0 Å². The van der Waals surface area contributed by atoms with Crippen LogP contribution in [0.5, 0.6) is 0 Å². The molecular formula is C26H44FIN2. The van der Waals surface area contributed by atoms with Gasteiger partial charge in [-0.3, -0.25) is 9.38 Å². The van der Waals surface area contributed by atoms with Gasteiger partial charge in [0.1, 0.15) is 4.05 Å². The molecule has 7 atom stereocenters. The first-order chi connectivity index (χ1) is 14.4. The van der Waals surface area contributed by atoms with E-state index in [0.717, 1.165) is 31.2 Å². The van der Waals surface area contributed by atoms with Crippen LogP contribution in [-0.2, 0) is 0 Å². The molecule has 0 bridgehead atoms. The minimum atomic E-state index is -0.136. The molecule has 0 amide bonds. The van der Waals surface area contributed by atoms with Crippen molar-refractivity contribution in [1.82, 2.24) is 0 Å². The van der Waals surface area contributed by atoms with Gasteiger partial charge in [0.2, 0.25) is 0 Å². The summed E-state index contributed by atoms with van der Waals surface area (Å²) in [5.74, 6) is 4.84. The normalized spacial score (nSPS) is 40.2. The topological polar surface area (TPSA) is 38.4 Å². The molecule has 3 rings (SSSR count). The van der Waals surface area contributed by atoms with Crippen LogP contribution in [-0.4, -0.2) is 23.5 Å². The fourth-order valence-corrected chi connectivity index (χ4v) is 7.14. The van der Waals surface area contributed by atoms with Crippen molar-refractivity contribution in [1.29, 1.82) is 0 Å². The third kappa shape index (κ3) is 6.30. The second-order valence-electron chi connectivity index (χ2n) is 10.8. The molecule has 0 spiro atoms. The van der Waals surface area contributed by atoms with Gasteiger partial charge in [-0.2, -0.15) is 0 Å². The van der Waals surface area contributed by atoms with Crippen molar-refractivity contribution in [3.05, 3.63) is 11.6 Å². The predicted octanol–water partition coefficient (Wildman–Crippen LogP) is 7.21. The van der Waals surface area contributed by atoms with E-state index in [0.29, 0.717) is 39.6 Å². The summed E-state index contributed by atoms with van der Waals surface area (Å²) in [6.45, 7) is 7.63. The second-order valence-corrected chi connectivity index (χ2v) is 12.1. The quantitative estimate of drug-likeness (QED) is 0.122. The zero-order chi connectivity index (χ0) is 21.7. The van der Waals surface area contributed by atoms with Crippen LogP contribution in [0.15, 0.2) is 16.6 Å². The highest BCUT2D eigenvalue weighted by Gasteiger charge is 2.34. The lowest BCUT2D eigenvalue weighted by Crippen LogP contribution is -2.30. The molecule has 0 aromatic heterocycles. The molecule has 2 nitrogen and oxygen atoms in total. The van der Waals surface area contributed by atoms with Gasteiger partial charge in [0.05, 0.1) is 6.67 Å². The first-order valence-corrected chi connectivity index (χ1v) is 13.8. The molecule has 2 N–H and O–H groups in total. The summed E-state index contributed by atoms with van der Waals surface area (Å²) >= 11 is 2.56. The van der Waals surface area contributed by atoms with Gasteiger partial charge in [0.25, 0.3) is 0 Å². The monoisotopic (exact) mass is 530 g/mol. The Morgan fingerprint density at radius 3 is 2.43 bits per heavy atom. The minimum absolute atomic E-state index is 0.136. The highest BCUT2D eigenvalue weighted by molar-refractivity contribution is 14.1. The molecule has 2 fully saturated rings. The van der Waals surface area contributed by atoms with Crippen LogP contribution in [0.4, 0.5) is 4.39 Å². The Hall–Kier alpha value is 0.0300. The van der Waals surface area contributed by atoms with Gasteiger partial charge in [0, 0.05) is 18.7 Å². The molecular weight excluding hydrogens is 486 g/mol. The Morgan fingerprint density at radius 2 is 1.83 bits per heavy atom. The average molecular weight is 531 g/mol. The maximum absolute atomic E-state index is 13.2. The molecule has 172 valence electrons. The standard InChI is InChI=1S/C26H44FIN2/c1-17-4-6-20(7-5-17)24(15-29)16-30-26(28)22-10-11-25(19(3)13-22)21-8-9-23(14-27)18(2)12-21/h11,16-24,26H,4-10,12-15,29H2,1-3H3. The Balaban J connectivity index is 1.54. The number of aliphatic imine (C=N–C) groups is 1. The summed E-state index contributed by atoms with van der Waals surface area (Å²) < 4.78 is 13.5. The molecule has 0 radical (unpaired) electrons. The molecule has 4 heteroatoms. The zero-order valence-electron chi connectivity index (χ0n) is 19.4. The fourth-order valence-electron chi connectivity index (χ4n) is 6.36. The van der Waals surface area contributed by atoms with Crippen LogP contribution in [0.1, 0.15) is 78.6 Å². The van der Waals surface area contributed by atoms with Crippen LogP contribution in [0.25, 0.3) is 0 Å². The zero-order valence-corrected chi connectivity index (χ0v) is 21.6. The Bertz CT molecular complexity index is 584. The summed E-state index contributed by atoms with van der Waals surface area (Å²) in [5.41, 5.74) is 7.80. The number of hydrogen-bond acceptors (Lipinski definition) is 2. The number of nitrogens with zero attached hydrogens (tertiary/aromatic N) is 1. The van der Waals surface area contributed by atoms with Crippen LogP contribution in [0, 0.1) is 47.3 Å². The van der Waals surface area contributed by atoms with E-state index in [9.17, 15) is 4.39 Å².